The number of rotatable bonds is 7. The monoisotopic (exact) mass is 339 g/mol. The Bertz CT molecular complexity index is 846. The number of benzene rings is 1. The van der Waals surface area contributed by atoms with E-state index in [4.69, 9.17) is 4.74 Å². The maximum atomic E-state index is 12.8. The van der Waals surface area contributed by atoms with E-state index < -0.39 is 0 Å². The number of fused-ring (bicyclic) bond motifs is 1. The first-order valence-corrected chi connectivity index (χ1v) is 8.13. The zero-order valence-corrected chi connectivity index (χ0v) is 14.1. The third kappa shape index (κ3) is 3.80. The van der Waals surface area contributed by atoms with Crippen molar-refractivity contribution in [2.75, 3.05) is 20.3 Å². The third-order valence-corrected chi connectivity index (χ3v) is 4.13. The average Bonchev–Trinajstić information content (AvgIpc) is 3.05. The molecule has 0 saturated heterocycles. The molecular weight excluding hydrogens is 318 g/mol. The van der Waals surface area contributed by atoms with E-state index in [2.05, 4.69) is 9.97 Å². The van der Waals surface area contributed by atoms with Gasteiger partial charge in [0.05, 0.1) is 20.1 Å². The smallest absolute Gasteiger partial charge is 0.227 e. The number of hydrogen-bond acceptors (Lipinski definition) is 4. The molecule has 0 aliphatic heterocycles. The molecule has 0 atom stereocenters. The van der Waals surface area contributed by atoms with Crippen molar-refractivity contribution in [1.82, 2.24) is 14.9 Å². The SMILES string of the molecule is COc1cccc2[nH]cc(CC(=O)N(CCO)Cc3cccnc3)c12. The van der Waals surface area contributed by atoms with Gasteiger partial charge in [0.25, 0.3) is 0 Å². The van der Waals surface area contributed by atoms with Gasteiger partial charge in [-0.25, -0.2) is 0 Å². The second-order valence-corrected chi connectivity index (χ2v) is 5.77. The van der Waals surface area contributed by atoms with E-state index in [0.29, 0.717) is 6.54 Å². The number of aliphatic hydroxyl groups excluding tert-OH is 1. The van der Waals surface area contributed by atoms with Crippen LogP contribution in [0.5, 0.6) is 5.75 Å². The van der Waals surface area contributed by atoms with Crippen LogP contribution in [0.4, 0.5) is 0 Å². The number of pyridine rings is 1. The summed E-state index contributed by atoms with van der Waals surface area (Å²) >= 11 is 0. The summed E-state index contributed by atoms with van der Waals surface area (Å²) in [5, 5.41) is 10.2. The molecule has 3 aromatic rings. The second-order valence-electron chi connectivity index (χ2n) is 5.77. The van der Waals surface area contributed by atoms with Crippen molar-refractivity contribution in [2.24, 2.45) is 0 Å². The molecule has 0 radical (unpaired) electrons. The molecule has 0 unspecified atom stereocenters. The Morgan fingerprint density at radius 1 is 1.32 bits per heavy atom. The van der Waals surface area contributed by atoms with E-state index in [-0.39, 0.29) is 25.5 Å². The molecule has 25 heavy (non-hydrogen) atoms. The minimum absolute atomic E-state index is 0.0512. The van der Waals surface area contributed by atoms with Crippen LogP contribution in [-0.4, -0.2) is 46.1 Å². The molecule has 1 amide bonds. The zero-order valence-electron chi connectivity index (χ0n) is 14.1. The van der Waals surface area contributed by atoms with Crippen molar-refractivity contribution in [3.05, 3.63) is 60.0 Å². The van der Waals surface area contributed by atoms with Crippen molar-refractivity contribution >= 4 is 16.8 Å². The number of ether oxygens (including phenoxy) is 1. The quantitative estimate of drug-likeness (QED) is 0.691. The van der Waals surface area contributed by atoms with Gasteiger partial charge >= 0.3 is 0 Å². The van der Waals surface area contributed by atoms with Crippen LogP contribution in [0.1, 0.15) is 11.1 Å². The Labute approximate surface area is 146 Å². The largest absolute Gasteiger partial charge is 0.496 e. The fraction of sp³-hybridized carbons (Fsp3) is 0.263. The molecule has 130 valence electrons. The molecule has 1 aromatic carbocycles. The lowest BCUT2D eigenvalue weighted by atomic mass is 10.1. The number of aliphatic hydroxyl groups is 1. The van der Waals surface area contributed by atoms with Gasteiger partial charge < -0.3 is 19.7 Å². The lowest BCUT2D eigenvalue weighted by molar-refractivity contribution is -0.131. The summed E-state index contributed by atoms with van der Waals surface area (Å²) in [7, 11) is 1.62. The van der Waals surface area contributed by atoms with Gasteiger partial charge in [0.15, 0.2) is 0 Å². The highest BCUT2D eigenvalue weighted by Crippen LogP contribution is 2.29. The van der Waals surface area contributed by atoms with Crippen LogP contribution in [-0.2, 0) is 17.8 Å². The number of carbonyl (C=O) groups is 1. The highest BCUT2D eigenvalue weighted by molar-refractivity contribution is 5.93. The van der Waals surface area contributed by atoms with Crippen molar-refractivity contribution in [3.63, 3.8) is 0 Å². The maximum Gasteiger partial charge on any atom is 0.227 e. The van der Waals surface area contributed by atoms with Crippen LogP contribution >= 0.6 is 0 Å². The Kier molecular flexibility index (Phi) is 5.30. The first-order chi connectivity index (χ1) is 12.2. The van der Waals surface area contributed by atoms with Crippen LogP contribution in [0.3, 0.4) is 0 Å². The van der Waals surface area contributed by atoms with Gasteiger partial charge in [-0.05, 0) is 29.3 Å². The van der Waals surface area contributed by atoms with Gasteiger partial charge in [-0.2, -0.15) is 0 Å². The second kappa shape index (κ2) is 7.81. The Morgan fingerprint density at radius 2 is 2.20 bits per heavy atom. The van der Waals surface area contributed by atoms with Crippen LogP contribution in [0.2, 0.25) is 0 Å². The topological polar surface area (TPSA) is 78.5 Å². The van der Waals surface area contributed by atoms with E-state index in [1.165, 1.54) is 0 Å². The summed E-state index contributed by atoms with van der Waals surface area (Å²) in [5.74, 6) is 0.687. The predicted molar refractivity (Wildman–Crippen MR) is 95.3 cm³/mol. The normalized spacial score (nSPS) is 10.8. The lowest BCUT2D eigenvalue weighted by Crippen LogP contribution is -2.34. The summed E-state index contributed by atoms with van der Waals surface area (Å²) in [5.41, 5.74) is 2.75. The van der Waals surface area contributed by atoms with Crippen molar-refractivity contribution in [3.8, 4) is 5.75 Å². The van der Waals surface area contributed by atoms with Crippen LogP contribution in [0.15, 0.2) is 48.9 Å². The van der Waals surface area contributed by atoms with Gasteiger partial charge in [0, 0.05) is 42.6 Å². The number of aromatic nitrogens is 2. The van der Waals surface area contributed by atoms with Crippen LogP contribution in [0, 0.1) is 0 Å². The van der Waals surface area contributed by atoms with Crippen molar-refractivity contribution in [2.45, 2.75) is 13.0 Å². The van der Waals surface area contributed by atoms with Gasteiger partial charge in [0.2, 0.25) is 5.91 Å². The minimum atomic E-state index is -0.0802. The van der Waals surface area contributed by atoms with Gasteiger partial charge in [-0.15, -0.1) is 0 Å². The maximum absolute atomic E-state index is 12.8. The molecule has 6 nitrogen and oxygen atoms in total. The molecule has 2 N–H and O–H groups in total. The first-order valence-electron chi connectivity index (χ1n) is 8.13. The molecule has 0 spiro atoms. The van der Waals surface area contributed by atoms with Gasteiger partial charge in [0.1, 0.15) is 5.75 Å². The molecule has 0 saturated carbocycles. The summed E-state index contributed by atoms with van der Waals surface area (Å²) in [6.45, 7) is 0.628. The highest BCUT2D eigenvalue weighted by Gasteiger charge is 2.18. The number of nitrogens with zero attached hydrogens (tertiary/aromatic N) is 2. The zero-order chi connectivity index (χ0) is 17.6. The number of methoxy groups -OCH3 is 1. The van der Waals surface area contributed by atoms with E-state index in [0.717, 1.165) is 27.8 Å². The summed E-state index contributed by atoms with van der Waals surface area (Å²) in [6, 6.07) is 9.49. The fourth-order valence-electron chi connectivity index (χ4n) is 2.93. The van der Waals surface area contributed by atoms with Crippen molar-refractivity contribution < 1.29 is 14.6 Å². The number of amides is 1. The molecule has 2 aromatic heterocycles. The Balaban J connectivity index is 1.82. The minimum Gasteiger partial charge on any atom is -0.496 e. The average molecular weight is 339 g/mol. The standard InChI is InChI=1S/C19H21N3O3/c1-25-17-6-2-5-16-19(17)15(12-21-16)10-18(24)22(8-9-23)13-14-4-3-7-20-11-14/h2-7,11-12,21,23H,8-10,13H2,1H3. The molecule has 3 rings (SSSR count). The predicted octanol–water partition coefficient (Wildman–Crippen LogP) is 2.14. The number of carbonyl (C=O) groups excluding carboxylic acids is 1. The highest BCUT2D eigenvalue weighted by atomic mass is 16.5. The molecule has 0 bridgehead atoms. The number of aromatic amines is 1. The molecular formula is C19H21N3O3. The number of H-pyrrole nitrogens is 1. The van der Waals surface area contributed by atoms with E-state index in [1.807, 2.05) is 36.5 Å². The Morgan fingerprint density at radius 3 is 2.92 bits per heavy atom. The molecule has 0 aliphatic rings. The number of nitrogens with one attached hydrogen (secondary N) is 1. The van der Waals surface area contributed by atoms with Gasteiger partial charge in [-0.3, -0.25) is 9.78 Å². The van der Waals surface area contributed by atoms with Gasteiger partial charge in [-0.1, -0.05) is 12.1 Å². The molecule has 0 aliphatic carbocycles. The summed E-state index contributed by atoms with van der Waals surface area (Å²) in [4.78, 5) is 21.7. The molecule has 6 heteroatoms. The van der Waals surface area contributed by atoms with E-state index in [1.54, 1.807) is 24.4 Å². The third-order valence-electron chi connectivity index (χ3n) is 4.13. The van der Waals surface area contributed by atoms with Crippen molar-refractivity contribution in [1.29, 1.82) is 0 Å². The molecule has 2 heterocycles. The fourth-order valence-corrected chi connectivity index (χ4v) is 2.93. The number of hydrogen-bond donors (Lipinski definition) is 2. The Hall–Kier alpha value is -2.86. The first kappa shape index (κ1) is 17.0. The van der Waals surface area contributed by atoms with E-state index >= 15 is 0 Å². The summed E-state index contributed by atoms with van der Waals surface area (Å²) < 4.78 is 5.42. The van der Waals surface area contributed by atoms with Crippen LogP contribution in [0.25, 0.3) is 10.9 Å². The van der Waals surface area contributed by atoms with E-state index in [9.17, 15) is 9.90 Å². The van der Waals surface area contributed by atoms with Crippen LogP contribution < -0.4 is 4.74 Å². The lowest BCUT2D eigenvalue weighted by Gasteiger charge is -2.21. The summed E-state index contributed by atoms with van der Waals surface area (Å²) in [6.07, 6.45) is 5.50. The molecule has 0 fully saturated rings.